The van der Waals surface area contributed by atoms with Crippen molar-refractivity contribution in [2.75, 3.05) is 6.54 Å². The first-order valence-corrected chi connectivity index (χ1v) is 10.4. The molecule has 0 radical (unpaired) electrons. The van der Waals surface area contributed by atoms with Gasteiger partial charge in [0.05, 0.1) is 18.1 Å². The summed E-state index contributed by atoms with van der Waals surface area (Å²) in [5.74, 6) is 0.439. The van der Waals surface area contributed by atoms with Crippen LogP contribution >= 0.6 is 0 Å². The van der Waals surface area contributed by atoms with Crippen LogP contribution < -0.4 is 4.74 Å². The fraction of sp³-hybridized carbons (Fsp3) is 0.292. The third-order valence-corrected chi connectivity index (χ3v) is 5.10. The maximum atomic E-state index is 10.8. The van der Waals surface area contributed by atoms with Gasteiger partial charge in [0.2, 0.25) is 5.82 Å². The summed E-state index contributed by atoms with van der Waals surface area (Å²) >= 11 is 0. The Bertz CT molecular complexity index is 1240. The summed E-state index contributed by atoms with van der Waals surface area (Å²) in [7, 11) is 0. The van der Waals surface area contributed by atoms with Crippen LogP contribution in [0.25, 0.3) is 22.8 Å². The lowest BCUT2D eigenvalue weighted by atomic mass is 10.0. The Morgan fingerprint density at radius 2 is 2.09 bits per heavy atom. The lowest BCUT2D eigenvalue weighted by molar-refractivity contribution is -0.136. The SMILES string of the molecule is CC(C)Oc1ccc(-c2nc(-c3cccc4c3CC/C4=N/CCC(=O)O)no2)cc1C#N. The maximum Gasteiger partial charge on any atom is 0.305 e. The van der Waals surface area contributed by atoms with Crippen molar-refractivity contribution in [1.82, 2.24) is 10.1 Å². The van der Waals surface area contributed by atoms with E-state index in [4.69, 9.17) is 14.4 Å². The average Bonchev–Trinajstić information content (AvgIpc) is 3.41. The van der Waals surface area contributed by atoms with Crippen molar-refractivity contribution in [3.63, 3.8) is 0 Å². The number of carboxylic acids is 1. The molecule has 0 bridgehead atoms. The predicted octanol–water partition coefficient (Wildman–Crippen LogP) is 4.27. The van der Waals surface area contributed by atoms with Crippen molar-refractivity contribution in [1.29, 1.82) is 5.26 Å². The quantitative estimate of drug-likeness (QED) is 0.594. The summed E-state index contributed by atoms with van der Waals surface area (Å²) in [4.78, 5) is 19.8. The van der Waals surface area contributed by atoms with E-state index in [1.165, 1.54) is 0 Å². The summed E-state index contributed by atoms with van der Waals surface area (Å²) in [6, 6.07) is 13.2. The Labute approximate surface area is 185 Å². The van der Waals surface area contributed by atoms with Gasteiger partial charge in [0.1, 0.15) is 11.8 Å². The highest BCUT2D eigenvalue weighted by atomic mass is 16.5. The first-order chi connectivity index (χ1) is 15.5. The van der Waals surface area contributed by atoms with E-state index < -0.39 is 5.97 Å². The van der Waals surface area contributed by atoms with Crippen molar-refractivity contribution in [3.05, 3.63) is 53.1 Å². The molecule has 0 saturated carbocycles. The molecule has 32 heavy (non-hydrogen) atoms. The van der Waals surface area contributed by atoms with Gasteiger partial charge in [0.15, 0.2) is 0 Å². The predicted molar refractivity (Wildman–Crippen MR) is 118 cm³/mol. The molecular weight excluding hydrogens is 408 g/mol. The van der Waals surface area contributed by atoms with Crippen LogP contribution in [0.1, 0.15) is 43.4 Å². The number of hydrogen-bond donors (Lipinski definition) is 1. The normalized spacial score (nSPS) is 13.9. The molecule has 1 N–H and O–H groups in total. The Balaban J connectivity index is 1.62. The van der Waals surface area contributed by atoms with Crippen LogP contribution in [0.4, 0.5) is 0 Å². The highest BCUT2D eigenvalue weighted by Gasteiger charge is 2.23. The second-order valence-electron chi connectivity index (χ2n) is 7.72. The average molecular weight is 430 g/mol. The Kier molecular flexibility index (Phi) is 5.99. The zero-order valence-corrected chi connectivity index (χ0v) is 17.8. The van der Waals surface area contributed by atoms with Crippen molar-refractivity contribution in [2.24, 2.45) is 4.99 Å². The van der Waals surface area contributed by atoms with Crippen LogP contribution in [0.5, 0.6) is 5.75 Å². The Hall–Kier alpha value is -3.99. The number of nitrogens with zero attached hydrogens (tertiary/aromatic N) is 4. The number of benzene rings is 2. The smallest absolute Gasteiger partial charge is 0.305 e. The standard InChI is InChI=1S/C24H22N4O4/c1-14(2)31-21-9-6-15(12-16(21)13-25)24-27-23(28-32-24)19-5-3-4-18-17(19)7-8-20(18)26-11-10-22(29)30/h3-6,9,12,14H,7-8,10-11H2,1-2H3,(H,29,30)/b26-20-. The number of aliphatic imine (C=N–C) groups is 1. The van der Waals surface area contributed by atoms with Crippen LogP contribution in [0.2, 0.25) is 0 Å². The summed E-state index contributed by atoms with van der Waals surface area (Å²) in [6.07, 6.45) is 1.50. The van der Waals surface area contributed by atoms with E-state index in [2.05, 4.69) is 21.2 Å². The maximum absolute atomic E-state index is 10.8. The molecule has 4 rings (SSSR count). The van der Waals surface area contributed by atoms with Gasteiger partial charge in [-0.05, 0) is 56.0 Å². The van der Waals surface area contributed by atoms with Crippen molar-refractivity contribution in [2.45, 2.75) is 39.2 Å². The molecular formula is C24H22N4O4. The second kappa shape index (κ2) is 9.02. The molecule has 8 heteroatoms. The number of ether oxygens (including phenoxy) is 1. The molecule has 0 aliphatic heterocycles. The molecule has 0 fully saturated rings. The van der Waals surface area contributed by atoms with Crippen molar-refractivity contribution >= 4 is 11.7 Å². The first-order valence-electron chi connectivity index (χ1n) is 10.4. The van der Waals surface area contributed by atoms with Crippen molar-refractivity contribution < 1.29 is 19.2 Å². The van der Waals surface area contributed by atoms with Crippen LogP contribution in [0, 0.1) is 11.3 Å². The Morgan fingerprint density at radius 1 is 1.28 bits per heavy atom. The van der Waals surface area contributed by atoms with Gasteiger partial charge >= 0.3 is 5.97 Å². The summed E-state index contributed by atoms with van der Waals surface area (Å²) < 4.78 is 11.2. The third-order valence-electron chi connectivity index (χ3n) is 5.10. The highest BCUT2D eigenvalue weighted by molar-refractivity contribution is 6.06. The molecule has 1 aromatic heterocycles. The molecule has 2 aromatic carbocycles. The molecule has 1 aliphatic carbocycles. The summed E-state index contributed by atoms with van der Waals surface area (Å²) in [6.45, 7) is 4.07. The molecule has 0 unspecified atom stereocenters. The van der Waals surface area contributed by atoms with E-state index in [-0.39, 0.29) is 19.1 Å². The summed E-state index contributed by atoms with van der Waals surface area (Å²) in [5, 5.41) is 22.5. The topological polar surface area (TPSA) is 122 Å². The fourth-order valence-electron chi connectivity index (χ4n) is 3.72. The molecule has 1 heterocycles. The van der Waals surface area contributed by atoms with E-state index in [0.717, 1.165) is 35.2 Å². The molecule has 3 aromatic rings. The molecule has 0 amide bonds. The van der Waals surface area contributed by atoms with E-state index in [1.54, 1.807) is 18.2 Å². The minimum atomic E-state index is -0.857. The fourth-order valence-corrected chi connectivity index (χ4v) is 3.72. The van der Waals surface area contributed by atoms with Gasteiger partial charge in [-0.1, -0.05) is 23.4 Å². The molecule has 162 valence electrons. The number of rotatable bonds is 7. The largest absolute Gasteiger partial charge is 0.490 e. The Morgan fingerprint density at radius 3 is 2.84 bits per heavy atom. The number of nitriles is 1. The first kappa shape index (κ1) is 21.2. The van der Waals surface area contributed by atoms with Crippen molar-refractivity contribution in [3.8, 4) is 34.7 Å². The van der Waals surface area contributed by atoms with Gasteiger partial charge in [-0.2, -0.15) is 10.2 Å². The number of hydrogen-bond acceptors (Lipinski definition) is 7. The second-order valence-corrected chi connectivity index (χ2v) is 7.72. The lowest BCUT2D eigenvalue weighted by Gasteiger charge is -2.11. The minimum Gasteiger partial charge on any atom is -0.490 e. The molecule has 0 saturated heterocycles. The van der Waals surface area contributed by atoms with Gasteiger partial charge in [-0.15, -0.1) is 0 Å². The zero-order chi connectivity index (χ0) is 22.7. The van der Waals surface area contributed by atoms with Gasteiger partial charge in [0.25, 0.3) is 5.89 Å². The third kappa shape index (κ3) is 4.37. The van der Waals surface area contributed by atoms with E-state index in [1.807, 2.05) is 32.0 Å². The van der Waals surface area contributed by atoms with E-state index >= 15 is 0 Å². The van der Waals surface area contributed by atoms with Gasteiger partial charge in [0, 0.05) is 23.4 Å². The number of carboxylic acid groups (broad SMARTS) is 1. The zero-order valence-electron chi connectivity index (χ0n) is 17.8. The summed E-state index contributed by atoms with van der Waals surface area (Å²) in [5.41, 5.74) is 4.89. The molecule has 0 atom stereocenters. The van der Waals surface area contributed by atoms with E-state index in [0.29, 0.717) is 28.6 Å². The number of fused-ring (bicyclic) bond motifs is 1. The number of aromatic nitrogens is 2. The number of aliphatic carboxylic acids is 1. The van der Waals surface area contributed by atoms with Gasteiger partial charge < -0.3 is 14.4 Å². The highest BCUT2D eigenvalue weighted by Crippen LogP contribution is 2.33. The van der Waals surface area contributed by atoms with Crippen LogP contribution in [-0.2, 0) is 11.2 Å². The van der Waals surface area contributed by atoms with Crippen LogP contribution in [-0.4, -0.2) is 39.6 Å². The van der Waals surface area contributed by atoms with Crippen LogP contribution in [0.15, 0.2) is 45.9 Å². The number of carbonyl (C=O) groups is 1. The molecule has 1 aliphatic rings. The van der Waals surface area contributed by atoms with Gasteiger partial charge in [-0.25, -0.2) is 0 Å². The molecule has 8 nitrogen and oxygen atoms in total. The minimum absolute atomic E-state index is 0.0123. The lowest BCUT2D eigenvalue weighted by Crippen LogP contribution is -2.06. The van der Waals surface area contributed by atoms with Crippen LogP contribution in [0.3, 0.4) is 0 Å². The van der Waals surface area contributed by atoms with E-state index in [9.17, 15) is 10.1 Å². The monoisotopic (exact) mass is 430 g/mol. The van der Waals surface area contributed by atoms with Gasteiger partial charge in [-0.3, -0.25) is 9.79 Å². The molecule has 0 spiro atoms.